The fraction of sp³-hybridized carbons (Fsp3) is 0.941. The number of hydrogen-bond donors (Lipinski definition) is 1. The Labute approximate surface area is 149 Å². The molecule has 0 aromatic rings. The zero-order valence-electron chi connectivity index (χ0n) is 15.1. The number of halogens is 2. The number of piperidine rings is 1. The maximum atomic E-state index is 12.5. The second-order valence-electron chi connectivity index (χ2n) is 8.09. The van der Waals surface area contributed by atoms with Crippen LogP contribution in [-0.4, -0.2) is 44.0 Å². The molecule has 1 N–H and O–H groups in total. The molecule has 0 spiro atoms. The second-order valence-corrected chi connectivity index (χ2v) is 9.99. The van der Waals surface area contributed by atoms with Crippen LogP contribution in [0.4, 0.5) is 8.78 Å². The summed E-state index contributed by atoms with van der Waals surface area (Å²) < 4.78 is 48.8. The average Bonchev–Trinajstić information content (AvgIpc) is 2.55. The van der Waals surface area contributed by atoms with Crippen LogP contribution in [0.3, 0.4) is 0 Å². The molecule has 25 heavy (non-hydrogen) atoms. The summed E-state index contributed by atoms with van der Waals surface area (Å²) in [6.45, 7) is 5.15. The van der Waals surface area contributed by atoms with Crippen molar-refractivity contribution in [2.45, 2.75) is 64.6 Å². The van der Waals surface area contributed by atoms with Crippen molar-refractivity contribution in [3.63, 3.8) is 0 Å². The van der Waals surface area contributed by atoms with Gasteiger partial charge in [0.25, 0.3) is 10.0 Å². The molecule has 1 amide bonds. The monoisotopic (exact) mass is 380 g/mol. The Morgan fingerprint density at radius 2 is 1.84 bits per heavy atom. The molecule has 1 aliphatic heterocycles. The first-order valence-electron chi connectivity index (χ1n) is 9.17. The van der Waals surface area contributed by atoms with Crippen molar-refractivity contribution in [3.05, 3.63) is 0 Å². The van der Waals surface area contributed by atoms with Gasteiger partial charge in [-0.1, -0.05) is 26.7 Å². The number of carbonyl (C=O) groups excluding carboxylic acids is 1. The molecule has 8 heteroatoms. The largest absolute Gasteiger partial charge is 0.356 e. The zero-order valence-corrected chi connectivity index (χ0v) is 16.0. The van der Waals surface area contributed by atoms with Crippen LogP contribution in [0.15, 0.2) is 0 Å². The zero-order chi connectivity index (χ0) is 18.7. The van der Waals surface area contributed by atoms with Gasteiger partial charge in [-0.15, -0.1) is 0 Å². The summed E-state index contributed by atoms with van der Waals surface area (Å²) in [4.78, 5) is 12.2. The van der Waals surface area contributed by atoms with E-state index in [1.165, 1.54) is 12.8 Å². The molecule has 2 rings (SSSR count). The number of amides is 1. The lowest BCUT2D eigenvalue weighted by molar-refractivity contribution is -0.123. The third-order valence-electron chi connectivity index (χ3n) is 5.91. The molecule has 0 aromatic carbocycles. The van der Waals surface area contributed by atoms with Crippen molar-refractivity contribution in [2.75, 3.05) is 19.6 Å². The Balaban J connectivity index is 1.73. The summed E-state index contributed by atoms with van der Waals surface area (Å²) in [5, 5.41) is 2.96. The van der Waals surface area contributed by atoms with E-state index in [4.69, 9.17) is 0 Å². The molecule has 0 unspecified atom stereocenters. The van der Waals surface area contributed by atoms with Crippen molar-refractivity contribution in [1.82, 2.24) is 9.62 Å². The number of hydrogen-bond acceptors (Lipinski definition) is 3. The predicted molar refractivity (Wildman–Crippen MR) is 92.6 cm³/mol. The molecule has 1 atom stereocenters. The number of nitrogens with one attached hydrogen (secondary N) is 1. The van der Waals surface area contributed by atoms with E-state index in [1.54, 1.807) is 0 Å². The minimum atomic E-state index is -4.47. The molecule has 1 saturated carbocycles. The standard InChI is InChI=1S/C17H30F2N2O3S/c1-17(2)8-4-3-5-14(17)11-15(22)20-12-13-6-9-21(10-7-13)25(23,24)16(18)19/h13-14,16H,3-12H2,1-2H3,(H,20,22)/t14-/m1/s1. The van der Waals surface area contributed by atoms with Gasteiger partial charge in [0.15, 0.2) is 0 Å². The van der Waals surface area contributed by atoms with E-state index in [0.717, 1.165) is 17.1 Å². The molecule has 1 saturated heterocycles. The van der Waals surface area contributed by atoms with Crippen molar-refractivity contribution in [1.29, 1.82) is 0 Å². The van der Waals surface area contributed by atoms with Crippen LogP contribution in [0.1, 0.15) is 58.8 Å². The molecular weight excluding hydrogens is 350 g/mol. The number of carbonyl (C=O) groups is 1. The molecule has 5 nitrogen and oxygen atoms in total. The van der Waals surface area contributed by atoms with Crippen molar-refractivity contribution >= 4 is 15.9 Å². The van der Waals surface area contributed by atoms with Crippen LogP contribution in [-0.2, 0) is 14.8 Å². The lowest BCUT2D eigenvalue weighted by Crippen LogP contribution is -2.43. The molecule has 0 radical (unpaired) electrons. The van der Waals surface area contributed by atoms with Gasteiger partial charge in [0.05, 0.1) is 0 Å². The van der Waals surface area contributed by atoms with Crippen LogP contribution >= 0.6 is 0 Å². The van der Waals surface area contributed by atoms with Crippen LogP contribution < -0.4 is 5.32 Å². The average molecular weight is 381 g/mol. The SMILES string of the molecule is CC1(C)CCCC[C@@H]1CC(=O)NCC1CCN(S(=O)(=O)C(F)F)CC1. The van der Waals surface area contributed by atoms with Gasteiger partial charge in [-0.25, -0.2) is 8.42 Å². The van der Waals surface area contributed by atoms with Gasteiger partial charge in [-0.2, -0.15) is 13.1 Å². The second kappa shape index (κ2) is 8.29. The summed E-state index contributed by atoms with van der Waals surface area (Å²) in [5.74, 6) is -2.77. The summed E-state index contributed by atoms with van der Waals surface area (Å²) >= 11 is 0. The van der Waals surface area contributed by atoms with Crippen molar-refractivity contribution < 1.29 is 22.0 Å². The Morgan fingerprint density at radius 1 is 1.20 bits per heavy atom. The van der Waals surface area contributed by atoms with Gasteiger partial charge in [-0.3, -0.25) is 4.79 Å². The molecule has 146 valence electrons. The van der Waals surface area contributed by atoms with Crippen LogP contribution in [0, 0.1) is 17.3 Å². The molecular formula is C17H30F2N2O3S. The van der Waals surface area contributed by atoms with Crippen LogP contribution in [0.25, 0.3) is 0 Å². The highest BCUT2D eigenvalue weighted by Gasteiger charge is 2.35. The number of nitrogens with zero attached hydrogens (tertiary/aromatic N) is 1. The summed E-state index contributed by atoms with van der Waals surface area (Å²) in [6, 6.07) is 0. The van der Waals surface area contributed by atoms with E-state index in [9.17, 15) is 22.0 Å². The highest BCUT2D eigenvalue weighted by molar-refractivity contribution is 7.89. The first kappa shape index (κ1) is 20.6. The number of sulfonamides is 1. The predicted octanol–water partition coefficient (Wildman–Crippen LogP) is 2.97. The van der Waals surface area contributed by atoms with Gasteiger partial charge < -0.3 is 5.32 Å². The maximum Gasteiger partial charge on any atom is 0.350 e. The van der Waals surface area contributed by atoms with Crippen LogP contribution in [0.5, 0.6) is 0 Å². The van der Waals surface area contributed by atoms with E-state index in [1.807, 2.05) is 0 Å². The third-order valence-corrected chi connectivity index (χ3v) is 7.44. The van der Waals surface area contributed by atoms with Gasteiger partial charge in [0, 0.05) is 26.1 Å². The van der Waals surface area contributed by atoms with E-state index >= 15 is 0 Å². The Kier molecular flexibility index (Phi) is 6.81. The highest BCUT2D eigenvalue weighted by atomic mass is 32.2. The Morgan fingerprint density at radius 3 is 2.40 bits per heavy atom. The number of rotatable bonds is 6. The van der Waals surface area contributed by atoms with Crippen molar-refractivity contribution in [2.24, 2.45) is 17.3 Å². The van der Waals surface area contributed by atoms with Gasteiger partial charge in [0.2, 0.25) is 5.91 Å². The van der Waals surface area contributed by atoms with Crippen molar-refractivity contribution in [3.8, 4) is 0 Å². The summed E-state index contributed by atoms with van der Waals surface area (Å²) in [5.41, 5.74) is 0.199. The third kappa shape index (κ3) is 5.36. The lowest BCUT2D eigenvalue weighted by atomic mass is 9.67. The smallest absolute Gasteiger partial charge is 0.350 e. The normalized spacial score (nSPS) is 25.9. The van der Waals surface area contributed by atoms with Gasteiger partial charge in [-0.05, 0) is 42.9 Å². The first-order chi connectivity index (χ1) is 11.6. The Hall–Kier alpha value is -0.760. The summed E-state index contributed by atoms with van der Waals surface area (Å²) in [7, 11) is -4.47. The Bertz CT molecular complexity index is 558. The minimum Gasteiger partial charge on any atom is -0.356 e. The highest BCUT2D eigenvalue weighted by Crippen LogP contribution is 2.42. The van der Waals surface area contributed by atoms with Gasteiger partial charge >= 0.3 is 5.76 Å². The van der Waals surface area contributed by atoms with Gasteiger partial charge in [0.1, 0.15) is 0 Å². The summed E-state index contributed by atoms with van der Waals surface area (Å²) in [6.07, 6.45) is 6.18. The van der Waals surface area contributed by atoms with E-state index in [0.29, 0.717) is 31.7 Å². The van der Waals surface area contributed by atoms with Crippen LogP contribution in [0.2, 0.25) is 0 Å². The molecule has 1 aliphatic carbocycles. The van der Waals surface area contributed by atoms with E-state index in [2.05, 4.69) is 19.2 Å². The molecule has 1 heterocycles. The fourth-order valence-electron chi connectivity index (χ4n) is 3.98. The lowest BCUT2D eigenvalue weighted by Gasteiger charge is -2.38. The topological polar surface area (TPSA) is 66.5 Å². The maximum absolute atomic E-state index is 12.5. The molecule has 0 bridgehead atoms. The fourth-order valence-corrected chi connectivity index (χ4v) is 4.92. The quantitative estimate of drug-likeness (QED) is 0.770. The number of alkyl halides is 2. The molecule has 2 fully saturated rings. The minimum absolute atomic E-state index is 0.0441. The van der Waals surface area contributed by atoms with E-state index < -0.39 is 15.8 Å². The first-order valence-corrected chi connectivity index (χ1v) is 10.7. The van der Waals surface area contributed by atoms with E-state index in [-0.39, 0.29) is 30.3 Å². The molecule has 2 aliphatic rings. The molecule has 0 aromatic heterocycles.